The zero-order chi connectivity index (χ0) is 38.1. The van der Waals surface area contributed by atoms with Crippen LogP contribution in [-0.2, 0) is 20.7 Å². The van der Waals surface area contributed by atoms with Crippen molar-refractivity contribution in [2.45, 2.75) is 89.9 Å². The summed E-state index contributed by atoms with van der Waals surface area (Å²) >= 11 is 0. The van der Waals surface area contributed by atoms with Crippen LogP contribution in [0.4, 0.5) is 15.0 Å². The van der Waals surface area contributed by atoms with E-state index in [1.54, 1.807) is 19.4 Å². The maximum atomic E-state index is 17.3. The number of carbonyl (C=O) groups is 2. The Hall–Kier alpha value is -4.82. The number of hydrogen-bond acceptors (Lipinski definition) is 11. The van der Waals surface area contributed by atoms with Gasteiger partial charge in [0.1, 0.15) is 35.0 Å². The SMILES string of the molecule is CCc1cccc2cc(OCOC)cc(-c3ncc4c(N5C[C@H]6CC[C@@H](C5)N6C(=O)OC(C)(C)C)nc(OC[C@@H]5CCCN5CCC(=O)O)nc4c3F)c12. The number of benzene rings is 2. The van der Waals surface area contributed by atoms with Crippen LogP contribution in [0.25, 0.3) is 32.9 Å². The van der Waals surface area contributed by atoms with Crippen molar-refractivity contribution >= 4 is 39.6 Å². The molecule has 2 bridgehead atoms. The lowest BCUT2D eigenvalue weighted by Gasteiger charge is -2.42. The highest BCUT2D eigenvalue weighted by Gasteiger charge is 2.45. The van der Waals surface area contributed by atoms with E-state index in [1.807, 2.05) is 49.9 Å². The molecular formula is C40H49FN6O7. The molecule has 13 nitrogen and oxygen atoms in total. The molecule has 288 valence electrons. The van der Waals surface area contributed by atoms with Crippen LogP contribution in [0.5, 0.6) is 11.8 Å². The quantitative estimate of drug-likeness (QED) is 0.160. The van der Waals surface area contributed by atoms with Crippen LogP contribution in [0.3, 0.4) is 0 Å². The molecule has 3 aliphatic heterocycles. The number of halogens is 1. The number of likely N-dealkylation sites (tertiary alicyclic amines) is 1. The van der Waals surface area contributed by atoms with E-state index in [-0.39, 0.29) is 61.3 Å². The summed E-state index contributed by atoms with van der Waals surface area (Å²) in [6.07, 6.45) is 5.45. The fourth-order valence-corrected chi connectivity index (χ4v) is 8.16. The Morgan fingerprint density at radius 2 is 1.83 bits per heavy atom. The summed E-state index contributed by atoms with van der Waals surface area (Å²) in [7, 11) is 1.54. The predicted molar refractivity (Wildman–Crippen MR) is 202 cm³/mol. The highest BCUT2D eigenvalue weighted by Crippen LogP contribution is 2.40. The average molecular weight is 745 g/mol. The summed E-state index contributed by atoms with van der Waals surface area (Å²) in [4.78, 5) is 44.9. The lowest BCUT2D eigenvalue weighted by Crippen LogP contribution is -2.57. The fourth-order valence-electron chi connectivity index (χ4n) is 8.16. The zero-order valence-corrected chi connectivity index (χ0v) is 31.6. The Kier molecular flexibility index (Phi) is 10.8. The minimum Gasteiger partial charge on any atom is -0.481 e. The van der Waals surface area contributed by atoms with Gasteiger partial charge >= 0.3 is 18.1 Å². The normalized spacial score (nSPS) is 20.2. The number of carbonyl (C=O) groups excluding carboxylic acids is 1. The molecule has 14 heteroatoms. The number of ether oxygens (including phenoxy) is 4. The van der Waals surface area contributed by atoms with E-state index in [1.165, 1.54) is 0 Å². The van der Waals surface area contributed by atoms with E-state index in [0.29, 0.717) is 42.2 Å². The van der Waals surface area contributed by atoms with Crippen molar-refractivity contribution in [1.82, 2.24) is 24.8 Å². The van der Waals surface area contributed by atoms with Gasteiger partial charge in [-0.2, -0.15) is 9.97 Å². The van der Waals surface area contributed by atoms with Crippen molar-refractivity contribution < 1.29 is 38.0 Å². The molecule has 3 atom stereocenters. The number of amides is 1. The molecular weight excluding hydrogens is 695 g/mol. The monoisotopic (exact) mass is 744 g/mol. The molecule has 54 heavy (non-hydrogen) atoms. The van der Waals surface area contributed by atoms with Crippen LogP contribution in [0.2, 0.25) is 0 Å². The van der Waals surface area contributed by atoms with E-state index in [0.717, 1.165) is 55.0 Å². The summed E-state index contributed by atoms with van der Waals surface area (Å²) in [5, 5.41) is 11.5. The second kappa shape index (κ2) is 15.5. The number of aromatic nitrogens is 3. The van der Waals surface area contributed by atoms with Crippen LogP contribution >= 0.6 is 0 Å². The van der Waals surface area contributed by atoms with Gasteiger partial charge in [-0.1, -0.05) is 25.1 Å². The molecule has 7 rings (SSSR count). The highest BCUT2D eigenvalue weighted by molar-refractivity contribution is 6.01. The number of anilines is 1. The second-order valence-electron chi connectivity index (χ2n) is 15.4. The standard InChI is InChI=1S/C40H49FN6O7/c1-6-24-9-7-10-25-17-29(53-23-51-5)18-30(33(24)25)35-34(41)36-31(19-42-35)37(44-38(43-36)52-22-28-11-8-15-45(28)16-14-32(48)49)46-20-26-12-13-27(21-46)47(26)39(50)54-40(2,3)4/h7,9-10,17-19,26-28H,6,8,11-16,20-23H2,1-5H3,(H,48,49)/t26-,27+,28-/m0/s1. The molecule has 0 spiro atoms. The van der Waals surface area contributed by atoms with Gasteiger partial charge in [-0.25, -0.2) is 9.18 Å². The molecule has 0 aliphatic carbocycles. The van der Waals surface area contributed by atoms with Crippen molar-refractivity contribution in [2.24, 2.45) is 0 Å². The molecule has 2 aromatic carbocycles. The maximum absolute atomic E-state index is 17.3. The molecule has 3 fully saturated rings. The summed E-state index contributed by atoms with van der Waals surface area (Å²) in [6.45, 7) is 10.0. The predicted octanol–water partition coefficient (Wildman–Crippen LogP) is 6.44. The third kappa shape index (κ3) is 7.72. The Morgan fingerprint density at radius 1 is 1.06 bits per heavy atom. The van der Waals surface area contributed by atoms with Gasteiger partial charge in [-0.05, 0) is 87.9 Å². The number of fused-ring (bicyclic) bond motifs is 4. The van der Waals surface area contributed by atoms with Gasteiger partial charge < -0.3 is 29.0 Å². The van der Waals surface area contributed by atoms with Crippen molar-refractivity contribution in [3.05, 3.63) is 47.9 Å². The van der Waals surface area contributed by atoms with E-state index >= 15 is 4.39 Å². The first-order chi connectivity index (χ1) is 25.9. The van der Waals surface area contributed by atoms with Gasteiger partial charge in [0.05, 0.1) is 23.9 Å². The Balaban J connectivity index is 1.30. The van der Waals surface area contributed by atoms with Crippen molar-refractivity contribution in [3.63, 3.8) is 0 Å². The first-order valence-electron chi connectivity index (χ1n) is 18.8. The average Bonchev–Trinajstić information content (AvgIpc) is 3.71. The molecule has 0 saturated carbocycles. The van der Waals surface area contributed by atoms with Crippen molar-refractivity contribution in [1.29, 1.82) is 0 Å². The van der Waals surface area contributed by atoms with Crippen LogP contribution in [0.1, 0.15) is 65.4 Å². The Bertz CT molecular complexity index is 2030. The van der Waals surface area contributed by atoms with E-state index in [2.05, 4.69) is 21.7 Å². The maximum Gasteiger partial charge on any atom is 0.410 e. The first kappa shape index (κ1) is 37.5. The molecule has 3 aliphatic rings. The Morgan fingerprint density at radius 3 is 2.54 bits per heavy atom. The summed E-state index contributed by atoms with van der Waals surface area (Å²) in [5.41, 5.74) is 1.18. The lowest BCUT2D eigenvalue weighted by molar-refractivity contribution is -0.137. The van der Waals surface area contributed by atoms with Crippen molar-refractivity contribution in [2.75, 3.05) is 51.6 Å². The van der Waals surface area contributed by atoms with Gasteiger partial charge in [0.25, 0.3) is 0 Å². The van der Waals surface area contributed by atoms with Crippen LogP contribution < -0.4 is 14.4 Å². The number of rotatable bonds is 12. The van der Waals surface area contributed by atoms with Gasteiger partial charge in [-0.3, -0.25) is 19.6 Å². The molecule has 0 unspecified atom stereocenters. The third-order valence-electron chi connectivity index (χ3n) is 10.6. The number of nitrogens with zero attached hydrogens (tertiary/aromatic N) is 6. The van der Waals surface area contributed by atoms with Crippen molar-refractivity contribution in [3.8, 4) is 23.0 Å². The first-order valence-corrected chi connectivity index (χ1v) is 18.8. The molecule has 2 aromatic heterocycles. The van der Waals surface area contributed by atoms with Crippen LogP contribution in [0, 0.1) is 5.82 Å². The number of carboxylic acids is 1. The molecule has 1 amide bonds. The van der Waals surface area contributed by atoms with E-state index in [9.17, 15) is 14.7 Å². The number of aryl methyl sites for hydroxylation is 1. The number of aliphatic carboxylic acids is 1. The Labute approximate surface area is 314 Å². The molecule has 0 radical (unpaired) electrons. The topological polar surface area (TPSA) is 140 Å². The molecule has 4 aromatic rings. The van der Waals surface area contributed by atoms with Crippen LogP contribution in [0.15, 0.2) is 36.5 Å². The number of piperazine rings is 1. The van der Waals surface area contributed by atoms with Gasteiger partial charge in [0.2, 0.25) is 0 Å². The highest BCUT2D eigenvalue weighted by atomic mass is 19.1. The fraction of sp³-hybridized carbons (Fsp3) is 0.525. The number of methoxy groups -OCH3 is 1. The van der Waals surface area contributed by atoms with Gasteiger partial charge in [0, 0.05) is 44.5 Å². The molecule has 1 N–H and O–H groups in total. The van der Waals surface area contributed by atoms with E-state index < -0.39 is 17.4 Å². The summed E-state index contributed by atoms with van der Waals surface area (Å²) in [5.74, 6) is -0.460. The smallest absolute Gasteiger partial charge is 0.410 e. The minimum absolute atomic E-state index is 0.0215. The lowest BCUT2D eigenvalue weighted by atomic mass is 9.95. The van der Waals surface area contributed by atoms with Gasteiger partial charge in [-0.15, -0.1) is 0 Å². The summed E-state index contributed by atoms with van der Waals surface area (Å²) < 4.78 is 40.3. The molecule has 5 heterocycles. The molecule has 3 saturated heterocycles. The number of hydrogen-bond donors (Lipinski definition) is 1. The zero-order valence-electron chi connectivity index (χ0n) is 31.6. The van der Waals surface area contributed by atoms with Crippen LogP contribution in [-0.4, -0.2) is 112 Å². The second-order valence-corrected chi connectivity index (χ2v) is 15.4. The van der Waals surface area contributed by atoms with E-state index in [4.69, 9.17) is 28.9 Å². The summed E-state index contributed by atoms with van der Waals surface area (Å²) in [6, 6.07) is 9.45. The minimum atomic E-state index is -0.848. The largest absolute Gasteiger partial charge is 0.481 e. The number of pyridine rings is 1. The third-order valence-corrected chi connectivity index (χ3v) is 10.6. The van der Waals surface area contributed by atoms with Gasteiger partial charge in [0.15, 0.2) is 12.6 Å². The number of carboxylic acid groups (broad SMARTS) is 1.